The van der Waals surface area contributed by atoms with E-state index >= 15 is 0 Å². The molecule has 2 saturated heterocycles. The number of hydrogen-bond acceptors (Lipinski definition) is 11. The van der Waals surface area contributed by atoms with Crippen LogP contribution in [0.2, 0.25) is 0 Å². The van der Waals surface area contributed by atoms with Gasteiger partial charge in [-0.3, -0.25) is 14.4 Å². The summed E-state index contributed by atoms with van der Waals surface area (Å²) in [5, 5.41) is 33.5. The van der Waals surface area contributed by atoms with E-state index in [-0.39, 0.29) is 84.6 Å². The van der Waals surface area contributed by atoms with Crippen LogP contribution in [0.25, 0.3) is 0 Å². The number of amides is 1. The second kappa shape index (κ2) is 24.3. The van der Waals surface area contributed by atoms with Gasteiger partial charge in [-0.15, -0.1) is 0 Å². The topological polar surface area (TPSA) is 169 Å². The first-order valence-corrected chi connectivity index (χ1v) is 23.4. The number of ketones is 2. The van der Waals surface area contributed by atoms with E-state index in [1.165, 1.54) is 4.90 Å². The Morgan fingerprint density at radius 2 is 1.60 bits per heavy atom. The molecule has 0 radical (unpaired) electrons. The van der Waals surface area contributed by atoms with Crippen LogP contribution in [0, 0.1) is 35.5 Å². The largest absolute Gasteiger partial charge is 0.460 e. The number of hydrogen-bond donors (Lipinski definition) is 3. The number of Topliss-reactive ketones (excluding diaryl/α,β-unsaturated/α-hetero) is 2. The van der Waals surface area contributed by atoms with Gasteiger partial charge in [-0.05, 0) is 107 Å². The van der Waals surface area contributed by atoms with Crippen molar-refractivity contribution in [3.63, 3.8) is 0 Å². The molecule has 3 heterocycles. The van der Waals surface area contributed by atoms with Crippen LogP contribution in [0.1, 0.15) is 138 Å². The third-order valence-electron chi connectivity index (χ3n) is 14.2. The molecule has 4 rings (SSSR count). The number of allylic oxidation sites excluding steroid dienone is 6. The van der Waals surface area contributed by atoms with Gasteiger partial charge in [0.05, 0.1) is 36.9 Å². The number of carbonyl (C=O) groups is 4. The van der Waals surface area contributed by atoms with Crippen LogP contribution in [0.15, 0.2) is 47.6 Å². The van der Waals surface area contributed by atoms with Crippen LogP contribution >= 0.6 is 0 Å². The fourth-order valence-corrected chi connectivity index (χ4v) is 9.87. The van der Waals surface area contributed by atoms with Crippen molar-refractivity contribution in [1.82, 2.24) is 4.90 Å². The van der Waals surface area contributed by atoms with E-state index in [1.807, 2.05) is 52.0 Å². The number of piperidine rings is 1. The van der Waals surface area contributed by atoms with Crippen molar-refractivity contribution < 1.29 is 53.4 Å². The van der Waals surface area contributed by atoms with Crippen molar-refractivity contribution in [2.24, 2.45) is 35.5 Å². The van der Waals surface area contributed by atoms with Crippen LogP contribution in [-0.2, 0) is 38.1 Å². The highest BCUT2D eigenvalue weighted by Gasteiger charge is 2.46. The summed E-state index contributed by atoms with van der Waals surface area (Å²) in [4.78, 5) is 57.3. The third-order valence-corrected chi connectivity index (χ3v) is 14.2. The average Bonchev–Trinajstić information content (AvgIpc) is 3.23. The molecule has 3 aliphatic heterocycles. The third kappa shape index (κ3) is 14.8. The molecule has 1 saturated carbocycles. The highest BCUT2D eigenvalue weighted by atomic mass is 16.6. The zero-order valence-corrected chi connectivity index (χ0v) is 39.1. The van der Waals surface area contributed by atoms with Crippen molar-refractivity contribution >= 4 is 23.4 Å². The van der Waals surface area contributed by atoms with Crippen LogP contribution in [0.4, 0.5) is 0 Å². The molecule has 3 N–H and O–H groups in total. The predicted octanol–water partition coefficient (Wildman–Crippen LogP) is 7.38. The van der Waals surface area contributed by atoms with Crippen molar-refractivity contribution in [2.45, 2.75) is 187 Å². The standard InChI is InChI=1S/C50H79NO11/c1-31-15-11-10-12-16-32(2)45(59-8)27-39-20-18-37(7)50(58,62-39)30-48(56)51-22-14-13-17-40(51)49(57)61-46(36(6)25-38-19-21-41(52)47(26-38)60-9)29-44(55)35(5)24-34(4)43(54)28-42(53)33(3)23-31/h10-12,15-16,24,31,33,35-41,43,45-47,52,54,58H,13-14,17-23,25-30H2,1-9H3/b12-10+,15-11+,32-16+,34-24+/t31-,33-,35-,36-,37-,38-,39+,40+,41+,43+,45+,46+,47+,50+/m1/s1. The number of esters is 1. The lowest BCUT2D eigenvalue weighted by Gasteiger charge is -2.44. The fraction of sp³-hybridized carbons (Fsp3) is 0.760. The molecule has 14 atom stereocenters. The molecule has 2 bridgehead atoms. The quantitative estimate of drug-likeness (QED) is 0.186. The van der Waals surface area contributed by atoms with E-state index in [0.29, 0.717) is 76.3 Å². The Hall–Kier alpha value is -3.00. The number of carbonyl (C=O) groups excluding carboxylic acids is 4. The molecule has 1 aliphatic carbocycles. The summed E-state index contributed by atoms with van der Waals surface area (Å²) in [6.07, 6.45) is 14.7. The molecule has 12 heteroatoms. The van der Waals surface area contributed by atoms with Crippen molar-refractivity contribution in [3.8, 4) is 0 Å². The number of cyclic esters (lactones) is 1. The van der Waals surface area contributed by atoms with Gasteiger partial charge in [0.25, 0.3) is 0 Å². The highest BCUT2D eigenvalue weighted by Crippen LogP contribution is 2.39. The summed E-state index contributed by atoms with van der Waals surface area (Å²) in [5.74, 6) is -4.09. The van der Waals surface area contributed by atoms with E-state index < -0.39 is 42.0 Å². The van der Waals surface area contributed by atoms with E-state index in [1.54, 1.807) is 34.1 Å². The maximum absolute atomic E-state index is 14.3. The minimum atomic E-state index is -1.74. The lowest BCUT2D eigenvalue weighted by atomic mass is 9.78. The van der Waals surface area contributed by atoms with E-state index in [2.05, 4.69) is 13.0 Å². The molecule has 0 spiro atoms. The van der Waals surface area contributed by atoms with Gasteiger partial charge >= 0.3 is 5.97 Å². The minimum Gasteiger partial charge on any atom is -0.460 e. The Labute approximate surface area is 371 Å². The first-order valence-electron chi connectivity index (χ1n) is 23.4. The lowest BCUT2D eigenvalue weighted by Crippen LogP contribution is -2.55. The summed E-state index contributed by atoms with van der Waals surface area (Å²) in [6, 6.07) is -0.885. The Bertz CT molecular complexity index is 1620. The molecule has 0 aromatic heterocycles. The molecule has 4 aliphatic rings. The molecule has 62 heavy (non-hydrogen) atoms. The minimum absolute atomic E-state index is 0.0510. The molecule has 350 valence electrons. The monoisotopic (exact) mass is 870 g/mol. The predicted molar refractivity (Wildman–Crippen MR) is 239 cm³/mol. The van der Waals surface area contributed by atoms with Gasteiger partial charge in [-0.25, -0.2) is 4.79 Å². The summed E-state index contributed by atoms with van der Waals surface area (Å²) >= 11 is 0. The number of fused-ring (bicyclic) bond motifs is 3. The molecular weight excluding hydrogens is 791 g/mol. The molecular formula is C50H79NO11. The fourth-order valence-electron chi connectivity index (χ4n) is 9.87. The molecule has 3 fully saturated rings. The maximum Gasteiger partial charge on any atom is 0.329 e. The molecule has 12 nitrogen and oxygen atoms in total. The van der Waals surface area contributed by atoms with Crippen LogP contribution in [-0.4, -0.2) is 113 Å². The number of methoxy groups -OCH3 is 2. The van der Waals surface area contributed by atoms with Crippen LogP contribution in [0.3, 0.4) is 0 Å². The van der Waals surface area contributed by atoms with Crippen molar-refractivity contribution in [2.75, 3.05) is 20.8 Å². The van der Waals surface area contributed by atoms with Crippen LogP contribution < -0.4 is 0 Å². The Morgan fingerprint density at radius 1 is 0.855 bits per heavy atom. The Kier molecular flexibility index (Phi) is 20.3. The normalized spacial score (nSPS) is 40.5. The lowest BCUT2D eigenvalue weighted by molar-refractivity contribution is -0.284. The first kappa shape index (κ1) is 51.6. The summed E-state index contributed by atoms with van der Waals surface area (Å²) < 4.78 is 24.2. The summed E-state index contributed by atoms with van der Waals surface area (Å²) in [6.45, 7) is 13.6. The van der Waals surface area contributed by atoms with Gasteiger partial charge < -0.3 is 39.2 Å². The Morgan fingerprint density at radius 3 is 2.31 bits per heavy atom. The van der Waals surface area contributed by atoms with E-state index in [0.717, 1.165) is 12.0 Å². The zero-order chi connectivity index (χ0) is 45.7. The summed E-state index contributed by atoms with van der Waals surface area (Å²) in [5.41, 5.74) is 1.51. The number of rotatable bonds is 5. The van der Waals surface area contributed by atoms with Gasteiger partial charge in [-0.2, -0.15) is 0 Å². The molecule has 0 aromatic carbocycles. The first-order chi connectivity index (χ1) is 29.3. The van der Waals surface area contributed by atoms with E-state index in [4.69, 9.17) is 18.9 Å². The van der Waals surface area contributed by atoms with Gasteiger partial charge in [0.1, 0.15) is 23.7 Å². The van der Waals surface area contributed by atoms with Crippen molar-refractivity contribution in [1.29, 1.82) is 0 Å². The Balaban J connectivity index is 1.64. The average molecular weight is 870 g/mol. The zero-order valence-electron chi connectivity index (χ0n) is 39.1. The second-order valence-electron chi connectivity index (χ2n) is 19.4. The van der Waals surface area contributed by atoms with Crippen molar-refractivity contribution in [3.05, 3.63) is 47.6 Å². The van der Waals surface area contributed by atoms with Gasteiger partial charge in [0, 0.05) is 57.8 Å². The maximum atomic E-state index is 14.3. The number of nitrogens with zero attached hydrogens (tertiary/aromatic N) is 1. The van der Waals surface area contributed by atoms with Gasteiger partial charge in [-0.1, -0.05) is 71.1 Å². The van der Waals surface area contributed by atoms with E-state index in [9.17, 15) is 34.5 Å². The van der Waals surface area contributed by atoms with Gasteiger partial charge in [0.15, 0.2) is 5.79 Å². The molecule has 0 aromatic rings. The molecule has 1 amide bonds. The van der Waals surface area contributed by atoms with Crippen LogP contribution in [0.5, 0.6) is 0 Å². The number of aliphatic hydroxyl groups excluding tert-OH is 2. The molecule has 0 unspecified atom stereocenters. The number of aliphatic hydroxyl groups is 3. The van der Waals surface area contributed by atoms with Gasteiger partial charge in [0.2, 0.25) is 5.91 Å². The smallest absolute Gasteiger partial charge is 0.329 e. The summed E-state index contributed by atoms with van der Waals surface area (Å²) in [7, 11) is 3.24. The number of ether oxygens (including phenoxy) is 4. The second-order valence-corrected chi connectivity index (χ2v) is 19.4. The highest BCUT2D eigenvalue weighted by molar-refractivity contribution is 5.86. The SMILES string of the molecule is CO[C@H]1C[C@@H]2CC[C@@H](C)[C@](O)(CC(=O)N3CCCC[C@H]3C(=O)O[C@H]([C@H](C)C[C@H]3CC[C@H](O)[C@@H](OC)C3)CC(=O)[C@H](C)/C=C(\C)[C@@H](O)CC(=O)[C@H](C)C[C@H](C)/C=C/C=C/C=C/1C)O2.